The van der Waals surface area contributed by atoms with Crippen molar-refractivity contribution in [3.05, 3.63) is 126 Å². The fourth-order valence-electron chi connectivity index (χ4n) is 4.83. The van der Waals surface area contributed by atoms with Crippen LogP contribution in [0.5, 0.6) is 5.75 Å². The molecule has 4 aromatic carbocycles. The number of carbonyl (C=O) groups excluding carboxylic acids is 2. The van der Waals surface area contributed by atoms with E-state index in [1.54, 1.807) is 24.3 Å². The molecule has 8 nitrogen and oxygen atoms in total. The van der Waals surface area contributed by atoms with Crippen LogP contribution in [0.4, 0.5) is 10.1 Å². The van der Waals surface area contributed by atoms with Crippen molar-refractivity contribution in [3.63, 3.8) is 0 Å². The first-order valence-electron chi connectivity index (χ1n) is 14.2. The number of nitrogens with one attached hydrogen (secondary N) is 1. The van der Waals surface area contributed by atoms with E-state index in [-0.39, 0.29) is 29.5 Å². The zero-order valence-electron chi connectivity index (χ0n) is 24.9. The molecule has 1 N–H and O–H groups in total. The molecule has 4 rings (SSSR count). The fourth-order valence-corrected chi connectivity index (χ4v) is 6.24. The highest BCUT2D eigenvalue weighted by molar-refractivity contribution is 7.92. The van der Waals surface area contributed by atoms with Crippen molar-refractivity contribution < 1.29 is 27.1 Å². The van der Waals surface area contributed by atoms with Crippen LogP contribution in [0.1, 0.15) is 23.6 Å². The number of nitrogens with zero attached hydrogens (tertiary/aromatic N) is 2. The number of anilines is 1. The smallest absolute Gasteiger partial charge is 0.264 e. The van der Waals surface area contributed by atoms with E-state index in [1.807, 2.05) is 68.4 Å². The lowest BCUT2D eigenvalue weighted by Gasteiger charge is -2.34. The highest BCUT2D eigenvalue weighted by Crippen LogP contribution is 2.27. The van der Waals surface area contributed by atoms with Gasteiger partial charge in [-0.25, -0.2) is 12.8 Å². The van der Waals surface area contributed by atoms with Gasteiger partial charge in [-0.05, 0) is 79.1 Å². The van der Waals surface area contributed by atoms with Gasteiger partial charge in [0.1, 0.15) is 24.2 Å². The molecule has 0 aliphatic heterocycles. The number of aryl methyl sites for hydroxylation is 1. The minimum atomic E-state index is -4.34. The Morgan fingerprint density at radius 3 is 2.14 bits per heavy atom. The zero-order valence-corrected chi connectivity index (χ0v) is 25.8. The third-order valence-corrected chi connectivity index (χ3v) is 9.02. The molecule has 230 valence electrons. The molecule has 0 radical (unpaired) electrons. The van der Waals surface area contributed by atoms with Crippen LogP contribution in [0.25, 0.3) is 0 Å². The van der Waals surface area contributed by atoms with Gasteiger partial charge in [0.25, 0.3) is 10.0 Å². The second-order valence-electron chi connectivity index (χ2n) is 10.2. The quantitative estimate of drug-likeness (QED) is 0.225. The minimum absolute atomic E-state index is 0.0736. The summed E-state index contributed by atoms with van der Waals surface area (Å²) in [4.78, 5) is 29.0. The van der Waals surface area contributed by atoms with Gasteiger partial charge in [0, 0.05) is 20.0 Å². The van der Waals surface area contributed by atoms with Crippen LogP contribution in [0.15, 0.2) is 108 Å². The maximum Gasteiger partial charge on any atom is 0.264 e. The molecular formula is C34H36FN3O5S. The average molecular weight is 618 g/mol. The number of rotatable bonds is 13. The van der Waals surface area contributed by atoms with Gasteiger partial charge in [-0.1, -0.05) is 54.6 Å². The van der Waals surface area contributed by atoms with Crippen molar-refractivity contribution >= 4 is 27.5 Å². The number of carbonyl (C=O) groups is 2. The molecule has 2 amide bonds. The second-order valence-corrected chi connectivity index (χ2v) is 12.0. The standard InChI is InChI=1S/C34H36FN3O5S/c1-4-43-30-18-16-29(17-19-30)38(44(41,42)31-20-14-28(35)15-21-31)24-33(39)37(23-27-13-9-8-10-25(27)2)32(34(40)36-3)22-26-11-6-5-7-12-26/h5-21,32H,4,22-24H2,1-3H3,(H,36,40). The lowest BCUT2D eigenvalue weighted by Crippen LogP contribution is -2.53. The van der Waals surface area contributed by atoms with Crippen molar-refractivity contribution in [2.75, 3.05) is 24.5 Å². The van der Waals surface area contributed by atoms with E-state index in [4.69, 9.17) is 4.74 Å². The topological polar surface area (TPSA) is 96.0 Å². The zero-order chi connectivity index (χ0) is 31.7. The highest BCUT2D eigenvalue weighted by atomic mass is 32.2. The number of halogens is 1. The summed E-state index contributed by atoms with van der Waals surface area (Å²) in [5.74, 6) is -1.03. The van der Waals surface area contributed by atoms with Crippen LogP contribution in [0.2, 0.25) is 0 Å². The predicted molar refractivity (Wildman–Crippen MR) is 168 cm³/mol. The summed E-state index contributed by atoms with van der Waals surface area (Å²) in [6.07, 6.45) is 0.214. The lowest BCUT2D eigenvalue weighted by molar-refractivity contribution is -0.139. The molecule has 1 unspecified atom stereocenters. The minimum Gasteiger partial charge on any atom is -0.494 e. The van der Waals surface area contributed by atoms with E-state index in [9.17, 15) is 22.4 Å². The Balaban J connectivity index is 1.79. The Kier molecular flexibility index (Phi) is 10.7. The number of ether oxygens (including phenoxy) is 1. The van der Waals surface area contributed by atoms with Crippen molar-refractivity contribution in [2.24, 2.45) is 0 Å². The maximum atomic E-state index is 14.4. The summed E-state index contributed by atoms with van der Waals surface area (Å²) >= 11 is 0. The Morgan fingerprint density at radius 1 is 0.886 bits per heavy atom. The van der Waals surface area contributed by atoms with Crippen molar-refractivity contribution in [2.45, 2.75) is 37.8 Å². The number of amides is 2. The number of hydrogen-bond acceptors (Lipinski definition) is 5. The van der Waals surface area contributed by atoms with Crippen molar-refractivity contribution in [1.29, 1.82) is 0 Å². The average Bonchev–Trinajstić information content (AvgIpc) is 3.03. The summed E-state index contributed by atoms with van der Waals surface area (Å²) in [7, 11) is -2.84. The Bertz CT molecular complexity index is 1660. The number of likely N-dealkylation sites (N-methyl/N-ethyl adjacent to an activating group) is 1. The second kappa shape index (κ2) is 14.7. The molecular weight excluding hydrogens is 581 g/mol. The maximum absolute atomic E-state index is 14.4. The molecule has 0 saturated carbocycles. The molecule has 0 aliphatic rings. The lowest BCUT2D eigenvalue weighted by atomic mass is 10.0. The van der Waals surface area contributed by atoms with Crippen LogP contribution >= 0.6 is 0 Å². The molecule has 10 heteroatoms. The molecule has 0 heterocycles. The van der Waals surface area contributed by atoms with Gasteiger partial charge >= 0.3 is 0 Å². The molecule has 0 bridgehead atoms. The number of hydrogen-bond donors (Lipinski definition) is 1. The largest absolute Gasteiger partial charge is 0.494 e. The molecule has 0 aliphatic carbocycles. The summed E-state index contributed by atoms with van der Waals surface area (Å²) in [6, 6.07) is 26.6. The van der Waals surface area contributed by atoms with E-state index in [1.165, 1.54) is 11.9 Å². The summed E-state index contributed by atoms with van der Waals surface area (Å²) in [5.41, 5.74) is 2.78. The number of sulfonamides is 1. The van der Waals surface area contributed by atoms with Crippen molar-refractivity contribution in [3.8, 4) is 5.75 Å². The van der Waals surface area contributed by atoms with Crippen LogP contribution in [-0.2, 0) is 32.6 Å². The van der Waals surface area contributed by atoms with E-state index in [2.05, 4.69) is 5.32 Å². The van der Waals surface area contributed by atoms with Gasteiger partial charge < -0.3 is 15.0 Å². The van der Waals surface area contributed by atoms with Gasteiger partial charge in [0.15, 0.2) is 0 Å². The summed E-state index contributed by atoms with van der Waals surface area (Å²) < 4.78 is 48.2. The Hall–Kier alpha value is -4.70. The molecule has 1 atom stereocenters. The molecule has 0 spiro atoms. The molecule has 4 aromatic rings. The van der Waals surface area contributed by atoms with Gasteiger partial charge in [0.05, 0.1) is 17.2 Å². The third kappa shape index (κ3) is 7.82. The van der Waals surface area contributed by atoms with Crippen LogP contribution in [-0.4, -0.2) is 51.4 Å². The molecule has 0 saturated heterocycles. The monoisotopic (exact) mass is 617 g/mol. The Morgan fingerprint density at radius 2 is 1.52 bits per heavy atom. The predicted octanol–water partition coefficient (Wildman–Crippen LogP) is 5.11. The normalized spacial score (nSPS) is 11.8. The van der Waals surface area contributed by atoms with E-state index in [0.29, 0.717) is 12.4 Å². The summed E-state index contributed by atoms with van der Waals surface area (Å²) in [5, 5.41) is 2.67. The molecule has 0 aromatic heterocycles. The summed E-state index contributed by atoms with van der Waals surface area (Å²) in [6.45, 7) is 3.63. The van der Waals surface area contributed by atoms with Crippen LogP contribution < -0.4 is 14.4 Å². The third-order valence-electron chi connectivity index (χ3n) is 7.24. The first-order valence-corrected chi connectivity index (χ1v) is 15.7. The van der Waals surface area contributed by atoms with Crippen LogP contribution in [0.3, 0.4) is 0 Å². The van der Waals surface area contributed by atoms with Gasteiger partial charge in [-0.2, -0.15) is 0 Å². The van der Waals surface area contributed by atoms with E-state index >= 15 is 0 Å². The van der Waals surface area contributed by atoms with E-state index in [0.717, 1.165) is 45.3 Å². The molecule has 0 fully saturated rings. The SMILES string of the molecule is CCOc1ccc(N(CC(=O)N(Cc2ccccc2C)C(Cc2ccccc2)C(=O)NC)S(=O)(=O)c2ccc(F)cc2)cc1. The highest BCUT2D eigenvalue weighted by Gasteiger charge is 2.34. The van der Waals surface area contributed by atoms with E-state index < -0.39 is 34.3 Å². The number of benzene rings is 4. The van der Waals surface area contributed by atoms with Gasteiger partial charge in [0.2, 0.25) is 11.8 Å². The Labute approximate surface area is 258 Å². The van der Waals surface area contributed by atoms with Crippen LogP contribution in [0, 0.1) is 12.7 Å². The van der Waals surface area contributed by atoms with Gasteiger partial charge in [-0.15, -0.1) is 0 Å². The first kappa shape index (κ1) is 32.2. The van der Waals surface area contributed by atoms with Gasteiger partial charge in [-0.3, -0.25) is 13.9 Å². The first-order chi connectivity index (χ1) is 21.1. The fraction of sp³-hybridized carbons (Fsp3) is 0.235. The van der Waals surface area contributed by atoms with Crippen molar-refractivity contribution in [1.82, 2.24) is 10.2 Å². The molecule has 44 heavy (non-hydrogen) atoms.